The minimum Gasteiger partial charge on any atom is -0.390 e. The molecule has 0 aliphatic carbocycles. The van der Waals surface area contributed by atoms with E-state index in [1.807, 2.05) is 30.0 Å². The van der Waals surface area contributed by atoms with Crippen LogP contribution in [-0.2, 0) is 6.42 Å². The molecule has 100 valence electrons. The van der Waals surface area contributed by atoms with Gasteiger partial charge in [-0.2, -0.15) is 11.8 Å². The van der Waals surface area contributed by atoms with E-state index in [-0.39, 0.29) is 6.04 Å². The Morgan fingerprint density at radius 2 is 1.89 bits per heavy atom. The molecule has 1 aliphatic rings. The van der Waals surface area contributed by atoms with Crippen molar-refractivity contribution in [3.05, 3.63) is 35.9 Å². The van der Waals surface area contributed by atoms with Gasteiger partial charge in [-0.3, -0.25) is 4.90 Å². The summed E-state index contributed by atoms with van der Waals surface area (Å²) in [5, 5.41) is 10.2. The van der Waals surface area contributed by atoms with Crippen LogP contribution in [0.4, 0.5) is 0 Å². The number of hydrogen-bond donors (Lipinski definition) is 2. The fourth-order valence-corrected chi connectivity index (χ4v) is 3.18. The standard InChI is InChI=1S/C14H22N2OS/c15-13(10-12-4-2-1-3-5-12)14(17)11-16-6-8-18-9-7-16/h1-5,13-14,17H,6-11,15H2. The van der Waals surface area contributed by atoms with Crippen molar-refractivity contribution < 1.29 is 5.11 Å². The van der Waals surface area contributed by atoms with Crippen LogP contribution in [0.2, 0.25) is 0 Å². The van der Waals surface area contributed by atoms with Crippen LogP contribution in [0.5, 0.6) is 0 Å². The lowest BCUT2D eigenvalue weighted by Crippen LogP contribution is -2.46. The number of nitrogens with two attached hydrogens (primary N) is 1. The Bertz CT molecular complexity index is 341. The van der Waals surface area contributed by atoms with E-state index in [0.29, 0.717) is 6.54 Å². The minimum absolute atomic E-state index is 0.179. The van der Waals surface area contributed by atoms with E-state index in [2.05, 4.69) is 17.0 Å². The summed E-state index contributed by atoms with van der Waals surface area (Å²) in [6.45, 7) is 2.84. The maximum Gasteiger partial charge on any atom is 0.0820 e. The highest BCUT2D eigenvalue weighted by molar-refractivity contribution is 7.99. The Morgan fingerprint density at radius 1 is 1.22 bits per heavy atom. The largest absolute Gasteiger partial charge is 0.390 e. The van der Waals surface area contributed by atoms with Crippen molar-refractivity contribution in [1.29, 1.82) is 0 Å². The van der Waals surface area contributed by atoms with Crippen molar-refractivity contribution in [3.63, 3.8) is 0 Å². The second-order valence-electron chi connectivity index (χ2n) is 4.83. The van der Waals surface area contributed by atoms with Gasteiger partial charge in [-0.25, -0.2) is 0 Å². The predicted molar refractivity (Wildman–Crippen MR) is 77.9 cm³/mol. The van der Waals surface area contributed by atoms with E-state index in [4.69, 9.17) is 5.73 Å². The van der Waals surface area contributed by atoms with Crippen LogP contribution in [0.1, 0.15) is 5.56 Å². The van der Waals surface area contributed by atoms with Crippen LogP contribution in [0.3, 0.4) is 0 Å². The SMILES string of the molecule is NC(Cc1ccccc1)C(O)CN1CCSCC1. The molecule has 0 bridgehead atoms. The Hall–Kier alpha value is -0.550. The van der Waals surface area contributed by atoms with Crippen molar-refractivity contribution in [1.82, 2.24) is 4.90 Å². The summed E-state index contributed by atoms with van der Waals surface area (Å²) < 4.78 is 0. The third-order valence-corrected chi connectivity index (χ3v) is 4.30. The number of β-amino-alcohol motifs (C(OH)–C–C–N with tert-alkyl or cyclic N) is 1. The summed E-state index contributed by atoms with van der Waals surface area (Å²) in [4.78, 5) is 2.31. The first-order chi connectivity index (χ1) is 8.75. The van der Waals surface area contributed by atoms with Gasteiger partial charge in [0.05, 0.1) is 6.10 Å². The summed E-state index contributed by atoms with van der Waals surface area (Å²) in [6, 6.07) is 9.96. The van der Waals surface area contributed by atoms with Gasteiger partial charge in [0, 0.05) is 37.2 Å². The molecule has 0 radical (unpaired) electrons. The third kappa shape index (κ3) is 4.28. The highest BCUT2D eigenvalue weighted by Gasteiger charge is 2.20. The van der Waals surface area contributed by atoms with Gasteiger partial charge < -0.3 is 10.8 Å². The van der Waals surface area contributed by atoms with Crippen molar-refractivity contribution in [2.24, 2.45) is 5.73 Å². The lowest BCUT2D eigenvalue weighted by atomic mass is 10.0. The maximum atomic E-state index is 10.2. The molecule has 1 aliphatic heterocycles. The molecule has 1 aromatic carbocycles. The second kappa shape index (κ2) is 7.14. The average molecular weight is 266 g/mol. The third-order valence-electron chi connectivity index (χ3n) is 3.36. The number of benzene rings is 1. The first kappa shape index (κ1) is 13.9. The summed E-state index contributed by atoms with van der Waals surface area (Å²) >= 11 is 1.98. The molecule has 2 unspecified atom stereocenters. The normalized spacial score (nSPS) is 20.6. The molecular formula is C14H22N2OS. The Morgan fingerprint density at radius 3 is 2.56 bits per heavy atom. The molecule has 1 fully saturated rings. The van der Waals surface area contributed by atoms with Gasteiger partial charge in [-0.15, -0.1) is 0 Å². The molecule has 2 atom stereocenters. The fraction of sp³-hybridized carbons (Fsp3) is 0.571. The van der Waals surface area contributed by atoms with Gasteiger partial charge in [0.1, 0.15) is 0 Å². The van der Waals surface area contributed by atoms with Gasteiger partial charge in [-0.05, 0) is 12.0 Å². The number of nitrogens with zero attached hydrogens (tertiary/aromatic N) is 1. The molecule has 3 N–H and O–H groups in total. The average Bonchev–Trinajstić information content (AvgIpc) is 2.41. The molecule has 0 amide bonds. The molecule has 4 heteroatoms. The number of aliphatic hydroxyl groups is 1. The van der Waals surface area contributed by atoms with Crippen molar-refractivity contribution in [2.75, 3.05) is 31.1 Å². The Labute approximate surface area is 113 Å². The molecule has 0 aromatic heterocycles. The summed E-state index contributed by atoms with van der Waals surface area (Å²) in [7, 11) is 0. The number of rotatable bonds is 5. The van der Waals surface area contributed by atoms with Crippen LogP contribution < -0.4 is 5.73 Å². The molecular weight excluding hydrogens is 244 g/mol. The fourth-order valence-electron chi connectivity index (χ4n) is 2.21. The van der Waals surface area contributed by atoms with Crippen LogP contribution >= 0.6 is 11.8 Å². The van der Waals surface area contributed by atoms with Crippen molar-refractivity contribution in [3.8, 4) is 0 Å². The first-order valence-electron chi connectivity index (χ1n) is 6.53. The highest BCUT2D eigenvalue weighted by atomic mass is 32.2. The molecule has 0 saturated carbocycles. The molecule has 2 rings (SSSR count). The maximum absolute atomic E-state index is 10.2. The lowest BCUT2D eigenvalue weighted by molar-refractivity contribution is 0.0953. The molecule has 18 heavy (non-hydrogen) atoms. The first-order valence-corrected chi connectivity index (χ1v) is 7.69. The van der Waals surface area contributed by atoms with E-state index in [1.165, 1.54) is 17.1 Å². The van der Waals surface area contributed by atoms with E-state index in [1.54, 1.807) is 0 Å². The van der Waals surface area contributed by atoms with Gasteiger partial charge in [0.15, 0.2) is 0 Å². The highest BCUT2D eigenvalue weighted by Crippen LogP contribution is 2.11. The summed E-state index contributed by atoms with van der Waals surface area (Å²) in [5.74, 6) is 2.33. The van der Waals surface area contributed by atoms with Gasteiger partial charge in [-0.1, -0.05) is 30.3 Å². The summed E-state index contributed by atoms with van der Waals surface area (Å²) in [5.41, 5.74) is 7.28. The Kier molecular flexibility index (Phi) is 5.50. The predicted octanol–water partition coefficient (Wildman–Crippen LogP) is 0.966. The number of thioether (sulfide) groups is 1. The van der Waals surface area contributed by atoms with E-state index < -0.39 is 6.10 Å². The van der Waals surface area contributed by atoms with Gasteiger partial charge in [0.25, 0.3) is 0 Å². The van der Waals surface area contributed by atoms with Crippen molar-refractivity contribution >= 4 is 11.8 Å². The Balaban J connectivity index is 1.79. The zero-order valence-corrected chi connectivity index (χ0v) is 11.5. The van der Waals surface area contributed by atoms with E-state index in [9.17, 15) is 5.11 Å². The van der Waals surface area contributed by atoms with Gasteiger partial charge >= 0.3 is 0 Å². The number of aliphatic hydroxyl groups excluding tert-OH is 1. The van der Waals surface area contributed by atoms with Crippen LogP contribution in [0.15, 0.2) is 30.3 Å². The zero-order valence-electron chi connectivity index (χ0n) is 10.7. The molecule has 1 aromatic rings. The quantitative estimate of drug-likeness (QED) is 0.834. The monoisotopic (exact) mass is 266 g/mol. The number of hydrogen-bond acceptors (Lipinski definition) is 4. The molecule has 1 saturated heterocycles. The van der Waals surface area contributed by atoms with Crippen LogP contribution in [0, 0.1) is 0 Å². The summed E-state index contributed by atoms with van der Waals surface area (Å²) in [6.07, 6.45) is 0.304. The van der Waals surface area contributed by atoms with Gasteiger partial charge in [0.2, 0.25) is 0 Å². The molecule has 3 nitrogen and oxygen atoms in total. The minimum atomic E-state index is -0.437. The topological polar surface area (TPSA) is 49.5 Å². The van der Waals surface area contributed by atoms with Crippen LogP contribution in [0.25, 0.3) is 0 Å². The lowest BCUT2D eigenvalue weighted by Gasteiger charge is -2.30. The zero-order chi connectivity index (χ0) is 12.8. The smallest absolute Gasteiger partial charge is 0.0820 e. The van der Waals surface area contributed by atoms with E-state index in [0.717, 1.165) is 19.5 Å². The second-order valence-corrected chi connectivity index (χ2v) is 6.06. The van der Waals surface area contributed by atoms with Crippen molar-refractivity contribution in [2.45, 2.75) is 18.6 Å². The molecule has 1 heterocycles. The molecule has 0 spiro atoms. The van der Waals surface area contributed by atoms with Crippen LogP contribution in [-0.4, -0.2) is 53.3 Å². The van der Waals surface area contributed by atoms with E-state index >= 15 is 0 Å².